The molecule has 0 amide bonds. The minimum atomic E-state index is -0.258. The third-order valence-corrected chi connectivity index (χ3v) is 4.14. The number of ether oxygens (including phenoxy) is 1. The van der Waals surface area contributed by atoms with Crippen molar-refractivity contribution in [3.8, 4) is 5.75 Å². The van der Waals surface area contributed by atoms with Crippen LogP contribution in [0, 0.1) is 12.7 Å². The largest absolute Gasteiger partial charge is 0.496 e. The van der Waals surface area contributed by atoms with Gasteiger partial charge in [-0.05, 0) is 38.1 Å². The molecule has 0 radical (unpaired) electrons. The van der Waals surface area contributed by atoms with Gasteiger partial charge in [0.1, 0.15) is 11.6 Å². The van der Waals surface area contributed by atoms with Crippen molar-refractivity contribution in [1.29, 1.82) is 0 Å². The number of methoxy groups -OCH3 is 1. The molecule has 108 valence electrons. The molecule has 0 aliphatic carbocycles. The Morgan fingerprint density at radius 3 is 2.85 bits per heavy atom. The van der Waals surface area contributed by atoms with Crippen LogP contribution >= 0.6 is 11.3 Å². The molecular formula is C15H19FN2OS. The molecule has 0 fully saturated rings. The highest BCUT2D eigenvalue weighted by Gasteiger charge is 2.21. The number of thiazole rings is 1. The minimum absolute atomic E-state index is 0.0897. The zero-order valence-electron chi connectivity index (χ0n) is 11.9. The number of rotatable bonds is 6. The summed E-state index contributed by atoms with van der Waals surface area (Å²) in [6, 6.07) is 4.53. The quantitative estimate of drug-likeness (QED) is 0.882. The Kier molecular flexibility index (Phi) is 5.09. The average Bonchev–Trinajstić information content (AvgIpc) is 2.86. The van der Waals surface area contributed by atoms with E-state index in [1.54, 1.807) is 24.5 Å². The first-order valence-corrected chi connectivity index (χ1v) is 7.52. The van der Waals surface area contributed by atoms with Crippen molar-refractivity contribution < 1.29 is 9.13 Å². The van der Waals surface area contributed by atoms with Crippen LogP contribution in [0.5, 0.6) is 5.75 Å². The highest BCUT2D eigenvalue weighted by Crippen LogP contribution is 2.34. The number of halogens is 1. The van der Waals surface area contributed by atoms with Crippen LogP contribution in [-0.4, -0.2) is 18.6 Å². The third-order valence-electron chi connectivity index (χ3n) is 3.15. The third kappa shape index (κ3) is 3.16. The summed E-state index contributed by atoms with van der Waals surface area (Å²) in [6.45, 7) is 4.92. The van der Waals surface area contributed by atoms with E-state index in [4.69, 9.17) is 4.74 Å². The summed E-state index contributed by atoms with van der Waals surface area (Å²) in [5.74, 6) is 0.430. The lowest BCUT2D eigenvalue weighted by atomic mass is 10.0. The summed E-state index contributed by atoms with van der Waals surface area (Å²) in [7, 11) is 1.60. The van der Waals surface area contributed by atoms with Crippen molar-refractivity contribution in [3.63, 3.8) is 0 Å². The summed E-state index contributed by atoms with van der Waals surface area (Å²) >= 11 is 1.58. The maximum atomic E-state index is 13.6. The molecule has 1 atom stereocenters. The van der Waals surface area contributed by atoms with Gasteiger partial charge in [-0.1, -0.05) is 6.92 Å². The van der Waals surface area contributed by atoms with Crippen molar-refractivity contribution >= 4 is 11.3 Å². The first-order chi connectivity index (χ1) is 9.67. The average molecular weight is 294 g/mol. The summed E-state index contributed by atoms with van der Waals surface area (Å²) < 4.78 is 19.0. The number of hydrogen-bond donors (Lipinski definition) is 1. The summed E-state index contributed by atoms with van der Waals surface area (Å²) in [4.78, 5) is 5.39. The highest BCUT2D eigenvalue weighted by atomic mass is 32.1. The predicted octanol–water partition coefficient (Wildman–Crippen LogP) is 3.69. The second-order valence-electron chi connectivity index (χ2n) is 4.58. The van der Waals surface area contributed by atoms with E-state index >= 15 is 0 Å². The smallest absolute Gasteiger partial charge is 0.124 e. The Bertz CT molecular complexity index is 571. The van der Waals surface area contributed by atoms with E-state index in [0.29, 0.717) is 5.75 Å². The Balaban J connectivity index is 2.46. The molecule has 0 aliphatic rings. The second kappa shape index (κ2) is 6.81. The van der Waals surface area contributed by atoms with Crippen molar-refractivity contribution in [1.82, 2.24) is 10.3 Å². The van der Waals surface area contributed by atoms with Gasteiger partial charge in [-0.3, -0.25) is 0 Å². The Morgan fingerprint density at radius 1 is 1.45 bits per heavy atom. The lowest BCUT2D eigenvalue weighted by Crippen LogP contribution is -2.23. The van der Waals surface area contributed by atoms with Crippen LogP contribution in [0.15, 0.2) is 23.7 Å². The van der Waals surface area contributed by atoms with E-state index in [-0.39, 0.29) is 11.9 Å². The van der Waals surface area contributed by atoms with Gasteiger partial charge in [0.25, 0.3) is 0 Å². The fourth-order valence-corrected chi connectivity index (χ4v) is 3.05. The molecular weight excluding hydrogens is 275 g/mol. The van der Waals surface area contributed by atoms with E-state index in [1.807, 2.05) is 12.4 Å². The van der Waals surface area contributed by atoms with Gasteiger partial charge in [0.05, 0.1) is 24.4 Å². The second-order valence-corrected chi connectivity index (χ2v) is 5.46. The van der Waals surface area contributed by atoms with E-state index in [9.17, 15) is 4.39 Å². The Morgan fingerprint density at radius 2 is 2.25 bits per heavy atom. The summed E-state index contributed by atoms with van der Waals surface area (Å²) in [5.41, 5.74) is 3.60. The van der Waals surface area contributed by atoms with Crippen LogP contribution in [-0.2, 0) is 0 Å². The predicted molar refractivity (Wildman–Crippen MR) is 79.9 cm³/mol. The lowest BCUT2D eigenvalue weighted by molar-refractivity contribution is 0.402. The maximum Gasteiger partial charge on any atom is 0.124 e. The van der Waals surface area contributed by atoms with Gasteiger partial charge >= 0.3 is 0 Å². The van der Waals surface area contributed by atoms with Crippen molar-refractivity contribution in [2.45, 2.75) is 26.3 Å². The van der Waals surface area contributed by atoms with E-state index in [2.05, 4.69) is 17.2 Å². The molecule has 0 saturated carbocycles. The number of nitrogens with one attached hydrogen (secondary N) is 1. The van der Waals surface area contributed by atoms with Crippen molar-refractivity contribution in [3.05, 3.63) is 45.7 Å². The van der Waals surface area contributed by atoms with Gasteiger partial charge in [-0.15, -0.1) is 11.3 Å². The van der Waals surface area contributed by atoms with Crippen LogP contribution in [0.25, 0.3) is 0 Å². The van der Waals surface area contributed by atoms with Gasteiger partial charge in [0.2, 0.25) is 0 Å². The monoisotopic (exact) mass is 294 g/mol. The van der Waals surface area contributed by atoms with Crippen LogP contribution in [0.4, 0.5) is 4.39 Å². The van der Waals surface area contributed by atoms with Gasteiger partial charge in [0.15, 0.2) is 0 Å². The first-order valence-electron chi connectivity index (χ1n) is 6.64. The standard InChI is InChI=1S/C15H19FN2OS/c1-4-7-17-14(15-10(2)18-9-20-15)12-8-11(16)5-6-13(12)19-3/h5-6,8-9,14,17H,4,7H2,1-3H3. The topological polar surface area (TPSA) is 34.1 Å². The van der Waals surface area contributed by atoms with Gasteiger partial charge in [0, 0.05) is 10.4 Å². The molecule has 1 aromatic carbocycles. The van der Waals surface area contributed by atoms with Crippen LogP contribution in [0.1, 0.15) is 35.5 Å². The molecule has 3 nitrogen and oxygen atoms in total. The SMILES string of the molecule is CCCNC(c1cc(F)ccc1OC)c1scnc1C. The molecule has 0 aliphatic heterocycles. The van der Waals surface area contributed by atoms with E-state index in [0.717, 1.165) is 29.1 Å². The molecule has 1 aromatic heterocycles. The van der Waals surface area contributed by atoms with Gasteiger partial charge < -0.3 is 10.1 Å². The van der Waals surface area contributed by atoms with E-state index < -0.39 is 0 Å². The Labute approximate surface area is 122 Å². The molecule has 2 rings (SSSR count). The van der Waals surface area contributed by atoms with Crippen LogP contribution < -0.4 is 10.1 Å². The number of aromatic nitrogens is 1. The molecule has 1 unspecified atom stereocenters. The number of aryl methyl sites for hydroxylation is 1. The molecule has 0 saturated heterocycles. The molecule has 0 bridgehead atoms. The lowest BCUT2D eigenvalue weighted by Gasteiger charge is -2.20. The fraction of sp³-hybridized carbons (Fsp3) is 0.400. The minimum Gasteiger partial charge on any atom is -0.496 e. The van der Waals surface area contributed by atoms with Crippen LogP contribution in [0.3, 0.4) is 0 Å². The molecule has 20 heavy (non-hydrogen) atoms. The zero-order valence-corrected chi connectivity index (χ0v) is 12.8. The van der Waals surface area contributed by atoms with Gasteiger partial charge in [-0.2, -0.15) is 0 Å². The van der Waals surface area contributed by atoms with Crippen molar-refractivity contribution in [2.24, 2.45) is 0 Å². The highest BCUT2D eigenvalue weighted by molar-refractivity contribution is 7.09. The zero-order chi connectivity index (χ0) is 14.5. The van der Waals surface area contributed by atoms with Crippen LogP contribution in [0.2, 0.25) is 0 Å². The summed E-state index contributed by atoms with van der Waals surface area (Å²) in [6.07, 6.45) is 1.01. The molecule has 5 heteroatoms. The molecule has 1 N–H and O–H groups in total. The summed E-state index contributed by atoms with van der Waals surface area (Å²) in [5, 5.41) is 3.45. The molecule has 2 aromatic rings. The fourth-order valence-electron chi connectivity index (χ4n) is 2.15. The molecule has 0 spiro atoms. The normalized spacial score (nSPS) is 12.4. The Hall–Kier alpha value is -1.46. The number of hydrogen-bond acceptors (Lipinski definition) is 4. The van der Waals surface area contributed by atoms with E-state index in [1.165, 1.54) is 12.1 Å². The maximum absolute atomic E-state index is 13.6. The first kappa shape index (κ1) is 14.9. The van der Waals surface area contributed by atoms with Gasteiger partial charge in [-0.25, -0.2) is 9.37 Å². The number of benzene rings is 1. The molecule has 1 heterocycles. The number of nitrogens with zero attached hydrogens (tertiary/aromatic N) is 1. The van der Waals surface area contributed by atoms with Crippen molar-refractivity contribution in [2.75, 3.05) is 13.7 Å².